The van der Waals surface area contributed by atoms with Crippen LogP contribution < -0.4 is 9.44 Å². The summed E-state index contributed by atoms with van der Waals surface area (Å²) in [5.74, 6) is -0.723. The fourth-order valence-corrected chi connectivity index (χ4v) is 6.15. The molecule has 2 rings (SSSR count). The van der Waals surface area contributed by atoms with E-state index in [9.17, 15) is 21.6 Å². The third-order valence-corrected chi connectivity index (χ3v) is 8.42. The van der Waals surface area contributed by atoms with E-state index in [1.807, 2.05) is 6.92 Å². The van der Waals surface area contributed by atoms with Crippen molar-refractivity contribution in [2.24, 2.45) is 7.05 Å². The Morgan fingerprint density at radius 2 is 1.76 bits per heavy atom. The van der Waals surface area contributed by atoms with Crippen LogP contribution in [-0.4, -0.2) is 51.8 Å². The number of sulfonamides is 2. The van der Waals surface area contributed by atoms with Crippen LogP contribution in [0, 0.1) is 13.8 Å². The summed E-state index contributed by atoms with van der Waals surface area (Å²) in [6.45, 7) is 5.19. The van der Waals surface area contributed by atoms with Crippen LogP contribution in [0.1, 0.15) is 37.4 Å². The lowest BCUT2D eigenvalue weighted by molar-refractivity contribution is -0.145. The van der Waals surface area contributed by atoms with Crippen LogP contribution in [0.2, 0.25) is 5.15 Å². The highest BCUT2D eigenvalue weighted by Crippen LogP contribution is 2.24. The third-order valence-electron chi connectivity index (χ3n) is 4.78. The van der Waals surface area contributed by atoms with Crippen molar-refractivity contribution in [3.05, 3.63) is 40.7 Å². The van der Waals surface area contributed by atoms with E-state index in [2.05, 4.69) is 14.5 Å². The number of benzene rings is 1. The number of esters is 1. The van der Waals surface area contributed by atoms with Gasteiger partial charge in [-0.05, 0) is 52.2 Å². The highest BCUT2D eigenvalue weighted by atomic mass is 35.5. The Balaban J connectivity index is 2.00. The fraction of sp³-hybridized carbons (Fsp3) is 0.500. The summed E-state index contributed by atoms with van der Waals surface area (Å²) < 4.78 is 61.5. The van der Waals surface area contributed by atoms with Gasteiger partial charge in [0, 0.05) is 13.6 Å². The van der Waals surface area contributed by atoms with Crippen molar-refractivity contribution in [3.8, 4) is 0 Å². The molecule has 1 atom stereocenters. The maximum atomic E-state index is 12.9. The molecule has 1 heterocycles. The summed E-state index contributed by atoms with van der Waals surface area (Å²) in [5, 5.41) is 3.91. The Kier molecular flexibility index (Phi) is 9.44. The van der Waals surface area contributed by atoms with Gasteiger partial charge in [0.1, 0.15) is 16.1 Å². The van der Waals surface area contributed by atoms with Gasteiger partial charge in [-0.3, -0.25) is 9.48 Å². The SMILES string of the molecule is CCOC(=O)C(CCCCNS(=O)(=O)c1ccc(C)cc1)NS(=O)(=O)c1c(C)nn(C)c1Cl. The lowest BCUT2D eigenvalue weighted by atomic mass is 10.1. The van der Waals surface area contributed by atoms with Gasteiger partial charge < -0.3 is 4.74 Å². The number of nitrogens with one attached hydrogen (secondary N) is 2. The molecule has 0 aliphatic carbocycles. The fourth-order valence-electron chi connectivity index (χ4n) is 3.11. The molecule has 0 bridgehead atoms. The number of halogens is 1. The molecule has 0 saturated heterocycles. The first-order valence-electron chi connectivity index (χ1n) is 10.3. The minimum absolute atomic E-state index is 0.0758. The Labute approximate surface area is 199 Å². The molecule has 0 aliphatic heterocycles. The molecule has 0 fully saturated rings. The molecule has 2 N–H and O–H groups in total. The van der Waals surface area contributed by atoms with Crippen LogP contribution in [-0.2, 0) is 36.6 Å². The van der Waals surface area contributed by atoms with Gasteiger partial charge in [-0.1, -0.05) is 29.3 Å². The van der Waals surface area contributed by atoms with Crippen molar-refractivity contribution >= 4 is 37.6 Å². The van der Waals surface area contributed by atoms with Crippen LogP contribution in [0.5, 0.6) is 0 Å². The van der Waals surface area contributed by atoms with Crippen LogP contribution in [0.25, 0.3) is 0 Å². The molecule has 0 saturated carbocycles. The number of ether oxygens (including phenoxy) is 1. The van der Waals surface area contributed by atoms with Gasteiger partial charge >= 0.3 is 5.97 Å². The first kappa shape index (κ1) is 27.3. The molecule has 1 aromatic heterocycles. The number of aryl methyl sites for hydroxylation is 3. The molecule has 1 aromatic carbocycles. The van der Waals surface area contributed by atoms with Crippen molar-refractivity contribution in [2.75, 3.05) is 13.2 Å². The predicted octanol–water partition coefficient (Wildman–Crippen LogP) is 2.05. The Hall–Kier alpha value is -1.99. The summed E-state index contributed by atoms with van der Waals surface area (Å²) in [5.41, 5.74) is 1.15. The second-order valence-electron chi connectivity index (χ2n) is 7.46. The van der Waals surface area contributed by atoms with E-state index in [1.165, 1.54) is 30.8 Å². The zero-order valence-electron chi connectivity index (χ0n) is 19.0. The first-order chi connectivity index (χ1) is 15.4. The second kappa shape index (κ2) is 11.4. The van der Waals surface area contributed by atoms with E-state index < -0.39 is 32.1 Å². The predicted molar refractivity (Wildman–Crippen MR) is 124 cm³/mol. The highest BCUT2D eigenvalue weighted by Gasteiger charge is 2.31. The molecule has 13 heteroatoms. The number of carbonyl (C=O) groups excluding carboxylic acids is 1. The van der Waals surface area contributed by atoms with Gasteiger partial charge in [-0.25, -0.2) is 21.6 Å². The third kappa shape index (κ3) is 7.24. The molecule has 0 amide bonds. The first-order valence-corrected chi connectivity index (χ1v) is 13.7. The van der Waals surface area contributed by atoms with Crippen molar-refractivity contribution in [2.45, 2.75) is 55.9 Å². The molecular weight excluding hydrogens is 492 g/mol. The van der Waals surface area contributed by atoms with E-state index in [-0.39, 0.29) is 40.2 Å². The standard InChI is InChI=1S/C20H29ClN4O6S2/c1-5-31-20(26)17(24-33(29,30)18-15(3)23-25(4)19(18)21)8-6-7-13-22-32(27,28)16-11-9-14(2)10-12-16/h9-12,17,22,24H,5-8,13H2,1-4H3. The molecule has 0 spiro atoms. The molecule has 2 aromatic rings. The topological polar surface area (TPSA) is 136 Å². The van der Waals surface area contributed by atoms with E-state index in [0.29, 0.717) is 12.8 Å². The number of hydrogen-bond acceptors (Lipinski definition) is 7. The molecule has 0 aliphatic rings. The van der Waals surface area contributed by atoms with Gasteiger partial charge in [0.15, 0.2) is 0 Å². The zero-order chi connectivity index (χ0) is 24.8. The maximum Gasteiger partial charge on any atom is 0.324 e. The van der Waals surface area contributed by atoms with Crippen molar-refractivity contribution in [1.82, 2.24) is 19.2 Å². The van der Waals surface area contributed by atoms with Gasteiger partial charge in [-0.15, -0.1) is 0 Å². The smallest absolute Gasteiger partial charge is 0.324 e. The average molecular weight is 521 g/mol. The van der Waals surface area contributed by atoms with E-state index in [1.54, 1.807) is 19.1 Å². The monoisotopic (exact) mass is 520 g/mol. The Morgan fingerprint density at radius 1 is 1.12 bits per heavy atom. The minimum atomic E-state index is -4.15. The maximum absolute atomic E-state index is 12.9. The van der Waals surface area contributed by atoms with Crippen LogP contribution in [0.15, 0.2) is 34.1 Å². The van der Waals surface area contributed by atoms with Gasteiger partial charge in [0.05, 0.1) is 17.2 Å². The number of nitrogens with zero attached hydrogens (tertiary/aromatic N) is 2. The summed E-state index contributed by atoms with van der Waals surface area (Å²) in [4.78, 5) is 12.3. The normalized spacial score (nSPS) is 13.1. The second-order valence-corrected chi connectivity index (χ2v) is 11.2. The van der Waals surface area contributed by atoms with Crippen molar-refractivity contribution in [1.29, 1.82) is 0 Å². The van der Waals surface area contributed by atoms with E-state index >= 15 is 0 Å². The molecule has 184 valence electrons. The summed E-state index contributed by atoms with van der Waals surface area (Å²) >= 11 is 6.07. The highest BCUT2D eigenvalue weighted by molar-refractivity contribution is 7.90. The van der Waals surface area contributed by atoms with Crippen LogP contribution in [0.4, 0.5) is 0 Å². The lowest BCUT2D eigenvalue weighted by Gasteiger charge is -2.17. The van der Waals surface area contributed by atoms with E-state index in [0.717, 1.165) is 5.56 Å². The summed E-state index contributed by atoms with van der Waals surface area (Å²) in [6.07, 6.45) is 0.860. The molecular formula is C20H29ClN4O6S2. The molecule has 33 heavy (non-hydrogen) atoms. The van der Waals surface area contributed by atoms with Crippen molar-refractivity contribution < 1.29 is 26.4 Å². The number of unbranched alkanes of at least 4 members (excludes halogenated alkanes) is 1. The Morgan fingerprint density at radius 3 is 2.30 bits per heavy atom. The number of rotatable bonds is 12. The largest absolute Gasteiger partial charge is 0.465 e. The van der Waals surface area contributed by atoms with Gasteiger partial charge in [0.2, 0.25) is 20.0 Å². The molecule has 1 unspecified atom stereocenters. The zero-order valence-corrected chi connectivity index (χ0v) is 21.3. The van der Waals surface area contributed by atoms with Gasteiger partial charge in [0.25, 0.3) is 0 Å². The molecule has 0 radical (unpaired) electrons. The van der Waals surface area contributed by atoms with E-state index in [4.69, 9.17) is 16.3 Å². The summed E-state index contributed by atoms with van der Waals surface area (Å²) in [6, 6.07) is 5.31. The van der Waals surface area contributed by atoms with Crippen LogP contribution >= 0.6 is 11.6 Å². The minimum Gasteiger partial charge on any atom is -0.465 e. The number of carbonyl (C=O) groups is 1. The van der Waals surface area contributed by atoms with Crippen LogP contribution in [0.3, 0.4) is 0 Å². The summed E-state index contributed by atoms with van der Waals surface area (Å²) in [7, 11) is -6.29. The number of aromatic nitrogens is 2. The average Bonchev–Trinajstić information content (AvgIpc) is 2.99. The van der Waals surface area contributed by atoms with Crippen molar-refractivity contribution in [3.63, 3.8) is 0 Å². The quantitative estimate of drug-likeness (QED) is 0.323. The Bertz CT molecular complexity index is 1180. The van der Waals surface area contributed by atoms with Gasteiger partial charge in [-0.2, -0.15) is 9.82 Å². The molecule has 10 nitrogen and oxygen atoms in total. The lowest BCUT2D eigenvalue weighted by Crippen LogP contribution is -2.42. The number of hydrogen-bond donors (Lipinski definition) is 2.